The Morgan fingerprint density at radius 3 is 2.34 bits per heavy atom. The highest BCUT2D eigenvalue weighted by molar-refractivity contribution is 5.89. The molecule has 2 rings (SSSR count). The van der Waals surface area contributed by atoms with Gasteiger partial charge >= 0.3 is 6.09 Å². The zero-order valence-electron chi connectivity index (χ0n) is 17.3. The van der Waals surface area contributed by atoms with Gasteiger partial charge in [0.25, 0.3) is 0 Å². The van der Waals surface area contributed by atoms with Gasteiger partial charge in [0.1, 0.15) is 11.6 Å². The number of hydrogen-bond donors (Lipinski definition) is 3. The predicted molar refractivity (Wildman–Crippen MR) is 112 cm³/mol. The number of ether oxygens (including phenoxy) is 1. The van der Waals surface area contributed by atoms with Gasteiger partial charge in [-0.2, -0.15) is 0 Å². The zero-order chi connectivity index (χ0) is 21.6. The number of nitrogens with two attached hydrogens (primary N) is 1. The van der Waals surface area contributed by atoms with Crippen LogP contribution in [0.1, 0.15) is 52.1 Å². The van der Waals surface area contributed by atoms with Crippen molar-refractivity contribution in [2.75, 3.05) is 0 Å². The Balaban J connectivity index is 2.14. The monoisotopic (exact) mass is 399 g/mol. The van der Waals surface area contributed by atoms with E-state index in [2.05, 4.69) is 10.6 Å². The van der Waals surface area contributed by atoms with Crippen LogP contribution in [0.2, 0.25) is 0 Å². The highest BCUT2D eigenvalue weighted by atomic mass is 16.6. The molecule has 7 heteroatoms. The van der Waals surface area contributed by atoms with Gasteiger partial charge in [0, 0.05) is 6.42 Å². The first-order valence-electron chi connectivity index (χ1n) is 9.62. The van der Waals surface area contributed by atoms with Gasteiger partial charge in [-0.15, -0.1) is 0 Å². The minimum atomic E-state index is -0.935. The third kappa shape index (κ3) is 6.78. The standard InChI is InChI=1S/C22H29N3O4/c1-14(16-11-7-9-15-8-5-6-10-17(15)16)24-20(27)18(12-13-19(23)26)25-21(28)29-22(2,3)4/h5-11,14,18H,12-13H2,1-4H3,(H2,23,26)(H,24,27)(H,25,28)/t14-,18-/m0/s1. The van der Waals surface area contributed by atoms with E-state index in [1.54, 1.807) is 20.8 Å². The van der Waals surface area contributed by atoms with E-state index in [1.807, 2.05) is 49.4 Å². The van der Waals surface area contributed by atoms with Crippen molar-refractivity contribution in [3.63, 3.8) is 0 Å². The van der Waals surface area contributed by atoms with Crippen molar-refractivity contribution in [3.8, 4) is 0 Å². The molecule has 2 aromatic carbocycles. The molecule has 2 aromatic rings. The number of carbonyl (C=O) groups excluding carboxylic acids is 3. The predicted octanol–water partition coefficient (Wildman–Crippen LogP) is 3.18. The smallest absolute Gasteiger partial charge is 0.408 e. The Bertz CT molecular complexity index is 884. The average molecular weight is 399 g/mol. The highest BCUT2D eigenvalue weighted by Crippen LogP contribution is 2.24. The van der Waals surface area contributed by atoms with Crippen LogP contribution < -0.4 is 16.4 Å². The second-order valence-corrected chi connectivity index (χ2v) is 8.00. The quantitative estimate of drug-likeness (QED) is 0.664. The summed E-state index contributed by atoms with van der Waals surface area (Å²) in [5, 5.41) is 7.57. The Kier molecular flexibility index (Phi) is 7.20. The molecule has 0 bridgehead atoms. The molecule has 0 unspecified atom stereocenters. The van der Waals surface area contributed by atoms with E-state index >= 15 is 0 Å². The fraction of sp³-hybridized carbons (Fsp3) is 0.409. The van der Waals surface area contributed by atoms with Gasteiger partial charge in [-0.1, -0.05) is 42.5 Å². The number of alkyl carbamates (subject to hydrolysis) is 1. The summed E-state index contributed by atoms with van der Waals surface area (Å²) in [5.74, 6) is -0.951. The summed E-state index contributed by atoms with van der Waals surface area (Å²) in [7, 11) is 0. The third-order valence-corrected chi connectivity index (χ3v) is 4.34. The lowest BCUT2D eigenvalue weighted by molar-refractivity contribution is -0.124. The lowest BCUT2D eigenvalue weighted by atomic mass is 9.99. The molecule has 0 fully saturated rings. The summed E-state index contributed by atoms with van der Waals surface area (Å²) in [6, 6.07) is 12.6. The SMILES string of the molecule is C[C@H](NC(=O)[C@H](CCC(N)=O)NC(=O)OC(C)(C)C)c1cccc2ccccc12. The molecule has 0 aliphatic heterocycles. The number of fused-ring (bicyclic) bond motifs is 1. The molecule has 0 saturated carbocycles. The van der Waals surface area contributed by atoms with Crippen LogP contribution in [0.3, 0.4) is 0 Å². The van der Waals surface area contributed by atoms with Crippen molar-refractivity contribution in [2.24, 2.45) is 5.73 Å². The molecule has 0 spiro atoms. The number of benzene rings is 2. The number of carbonyl (C=O) groups is 3. The molecule has 3 amide bonds. The van der Waals surface area contributed by atoms with Gasteiger partial charge < -0.3 is 21.1 Å². The second kappa shape index (κ2) is 9.41. The minimum absolute atomic E-state index is 0.0312. The molecule has 4 N–H and O–H groups in total. The summed E-state index contributed by atoms with van der Waals surface area (Å²) < 4.78 is 5.23. The first-order chi connectivity index (χ1) is 13.6. The van der Waals surface area contributed by atoms with Crippen molar-refractivity contribution in [1.29, 1.82) is 0 Å². The molecule has 0 aliphatic rings. The summed E-state index contributed by atoms with van der Waals surface area (Å²) in [4.78, 5) is 36.1. The van der Waals surface area contributed by atoms with Crippen LogP contribution in [0.5, 0.6) is 0 Å². The topological polar surface area (TPSA) is 111 Å². The second-order valence-electron chi connectivity index (χ2n) is 8.00. The first-order valence-corrected chi connectivity index (χ1v) is 9.62. The van der Waals surface area contributed by atoms with Gasteiger partial charge in [0.05, 0.1) is 6.04 Å². The van der Waals surface area contributed by atoms with Crippen molar-refractivity contribution in [3.05, 3.63) is 48.0 Å². The molecule has 0 aliphatic carbocycles. The Labute approximate surface area is 171 Å². The third-order valence-electron chi connectivity index (χ3n) is 4.34. The van der Waals surface area contributed by atoms with Crippen LogP contribution in [0.25, 0.3) is 10.8 Å². The van der Waals surface area contributed by atoms with E-state index in [-0.39, 0.29) is 18.9 Å². The molecular weight excluding hydrogens is 370 g/mol. The van der Waals surface area contributed by atoms with Crippen LogP contribution in [0.15, 0.2) is 42.5 Å². The van der Waals surface area contributed by atoms with E-state index in [9.17, 15) is 14.4 Å². The summed E-state index contributed by atoms with van der Waals surface area (Å²) in [6.07, 6.45) is -0.668. The van der Waals surface area contributed by atoms with Gasteiger partial charge in [-0.05, 0) is 50.5 Å². The fourth-order valence-corrected chi connectivity index (χ4v) is 3.03. The van der Waals surface area contributed by atoms with Crippen LogP contribution in [0.4, 0.5) is 4.79 Å². The maximum absolute atomic E-state index is 12.8. The molecule has 0 aromatic heterocycles. The summed E-state index contributed by atoms with van der Waals surface area (Å²) >= 11 is 0. The number of primary amides is 1. The van der Waals surface area contributed by atoms with E-state index in [0.29, 0.717) is 0 Å². The van der Waals surface area contributed by atoms with E-state index in [1.165, 1.54) is 0 Å². The van der Waals surface area contributed by atoms with Crippen LogP contribution in [-0.4, -0.2) is 29.6 Å². The fourth-order valence-electron chi connectivity index (χ4n) is 3.03. The normalized spacial score (nSPS) is 13.4. The van der Waals surface area contributed by atoms with Crippen molar-refractivity contribution < 1.29 is 19.1 Å². The molecule has 29 heavy (non-hydrogen) atoms. The lowest BCUT2D eigenvalue weighted by Gasteiger charge is -2.24. The van der Waals surface area contributed by atoms with Gasteiger partial charge in [0.15, 0.2) is 0 Å². The van der Waals surface area contributed by atoms with E-state index in [0.717, 1.165) is 16.3 Å². The van der Waals surface area contributed by atoms with Crippen molar-refractivity contribution in [2.45, 2.75) is 58.2 Å². The molecule has 0 heterocycles. The molecule has 0 saturated heterocycles. The van der Waals surface area contributed by atoms with Crippen LogP contribution in [-0.2, 0) is 14.3 Å². The number of nitrogens with one attached hydrogen (secondary N) is 2. The number of hydrogen-bond acceptors (Lipinski definition) is 4. The van der Waals surface area contributed by atoms with Gasteiger partial charge in [0.2, 0.25) is 11.8 Å². The number of amides is 3. The van der Waals surface area contributed by atoms with Gasteiger partial charge in [-0.25, -0.2) is 4.79 Å². The van der Waals surface area contributed by atoms with Gasteiger partial charge in [-0.3, -0.25) is 9.59 Å². The van der Waals surface area contributed by atoms with Crippen LogP contribution in [0, 0.1) is 0 Å². The maximum atomic E-state index is 12.8. The molecular formula is C22H29N3O4. The largest absolute Gasteiger partial charge is 0.444 e. The molecule has 7 nitrogen and oxygen atoms in total. The Morgan fingerprint density at radius 1 is 1.03 bits per heavy atom. The molecule has 156 valence electrons. The van der Waals surface area contributed by atoms with E-state index < -0.39 is 29.6 Å². The summed E-state index contributed by atoms with van der Waals surface area (Å²) in [5.41, 5.74) is 5.47. The molecule has 2 atom stereocenters. The van der Waals surface area contributed by atoms with Crippen molar-refractivity contribution in [1.82, 2.24) is 10.6 Å². The maximum Gasteiger partial charge on any atom is 0.408 e. The minimum Gasteiger partial charge on any atom is -0.444 e. The summed E-state index contributed by atoms with van der Waals surface area (Å²) in [6.45, 7) is 7.06. The Hall–Kier alpha value is -3.09. The number of rotatable bonds is 7. The highest BCUT2D eigenvalue weighted by Gasteiger charge is 2.26. The van der Waals surface area contributed by atoms with Crippen molar-refractivity contribution >= 4 is 28.7 Å². The Morgan fingerprint density at radius 2 is 1.69 bits per heavy atom. The van der Waals surface area contributed by atoms with Crippen LogP contribution >= 0.6 is 0 Å². The lowest BCUT2D eigenvalue weighted by Crippen LogP contribution is -2.49. The van der Waals surface area contributed by atoms with E-state index in [4.69, 9.17) is 10.5 Å². The zero-order valence-corrected chi connectivity index (χ0v) is 17.3. The first kappa shape index (κ1) is 22.2. The average Bonchev–Trinajstić information content (AvgIpc) is 2.62. The molecule has 0 radical (unpaired) electrons.